The average Bonchev–Trinajstić information content (AvgIpc) is 2.29. The second-order valence-corrected chi connectivity index (χ2v) is 5.25. The van der Waals surface area contributed by atoms with Gasteiger partial charge in [0, 0.05) is 32.7 Å². The van der Waals surface area contributed by atoms with Gasteiger partial charge in [0.15, 0.2) is 6.29 Å². The van der Waals surface area contributed by atoms with Gasteiger partial charge >= 0.3 is 0 Å². The third-order valence-corrected chi connectivity index (χ3v) is 4.08. The summed E-state index contributed by atoms with van der Waals surface area (Å²) in [5.41, 5.74) is -0.692. The van der Waals surface area contributed by atoms with E-state index in [0.717, 1.165) is 12.8 Å². The highest BCUT2D eigenvalue weighted by Crippen LogP contribution is 2.36. The first-order chi connectivity index (χ1) is 8.08. The van der Waals surface area contributed by atoms with Crippen molar-refractivity contribution in [2.45, 2.75) is 43.2 Å². The largest absolute Gasteiger partial charge is 0.390 e. The summed E-state index contributed by atoms with van der Waals surface area (Å²) in [4.78, 5) is 2.33. The molecule has 2 atom stereocenters. The molecule has 2 aliphatic heterocycles. The molecule has 17 heavy (non-hydrogen) atoms. The van der Waals surface area contributed by atoms with Crippen LogP contribution >= 0.6 is 0 Å². The highest BCUT2D eigenvalue weighted by molar-refractivity contribution is 4.98. The number of ether oxygens (including phenoxy) is 3. The van der Waals surface area contributed by atoms with Crippen LogP contribution in [-0.4, -0.2) is 68.5 Å². The summed E-state index contributed by atoms with van der Waals surface area (Å²) in [6, 6.07) is 0.615. The van der Waals surface area contributed by atoms with Crippen LogP contribution in [0.1, 0.15) is 19.3 Å². The first-order valence-electron chi connectivity index (χ1n) is 6.15. The van der Waals surface area contributed by atoms with Gasteiger partial charge in [0.25, 0.3) is 0 Å². The van der Waals surface area contributed by atoms with Crippen LogP contribution in [0.3, 0.4) is 0 Å². The van der Waals surface area contributed by atoms with Crippen molar-refractivity contribution >= 4 is 0 Å². The van der Waals surface area contributed by atoms with Gasteiger partial charge < -0.3 is 19.3 Å². The second-order valence-electron chi connectivity index (χ2n) is 5.25. The van der Waals surface area contributed by atoms with E-state index in [0.29, 0.717) is 31.7 Å². The summed E-state index contributed by atoms with van der Waals surface area (Å²) < 4.78 is 15.9. The Bertz CT molecular complexity index is 237. The molecule has 2 aliphatic rings. The topological polar surface area (TPSA) is 51.2 Å². The van der Waals surface area contributed by atoms with Crippen molar-refractivity contribution in [2.24, 2.45) is 0 Å². The minimum Gasteiger partial charge on any atom is -0.390 e. The Kier molecular flexibility index (Phi) is 4.05. The third-order valence-electron chi connectivity index (χ3n) is 4.08. The van der Waals surface area contributed by atoms with Crippen molar-refractivity contribution in [3.05, 3.63) is 0 Å². The molecule has 0 aromatic carbocycles. The van der Waals surface area contributed by atoms with E-state index in [4.69, 9.17) is 14.2 Å². The van der Waals surface area contributed by atoms with E-state index in [9.17, 15) is 5.11 Å². The number of morpholine rings is 1. The minimum absolute atomic E-state index is 0.307. The zero-order chi connectivity index (χ0) is 12.5. The molecule has 2 unspecified atom stereocenters. The molecule has 5 heteroatoms. The number of aliphatic hydroxyl groups is 1. The van der Waals surface area contributed by atoms with Crippen molar-refractivity contribution in [1.29, 1.82) is 0 Å². The summed E-state index contributed by atoms with van der Waals surface area (Å²) in [6.07, 6.45) is 1.65. The molecule has 100 valence electrons. The number of fused-ring (bicyclic) bond motifs is 2. The molecule has 0 radical (unpaired) electrons. The van der Waals surface area contributed by atoms with Crippen molar-refractivity contribution in [2.75, 3.05) is 34.5 Å². The lowest BCUT2D eigenvalue weighted by Gasteiger charge is -2.50. The van der Waals surface area contributed by atoms with E-state index < -0.39 is 5.60 Å². The summed E-state index contributed by atoms with van der Waals surface area (Å²) in [5, 5.41) is 10.7. The molecule has 2 saturated heterocycles. The number of likely N-dealkylation sites (N-methyl/N-ethyl adjacent to an activating group) is 1. The summed E-state index contributed by atoms with van der Waals surface area (Å²) in [5.74, 6) is 0. The average molecular weight is 245 g/mol. The van der Waals surface area contributed by atoms with E-state index in [1.54, 1.807) is 14.2 Å². The molecule has 2 fully saturated rings. The van der Waals surface area contributed by atoms with E-state index in [-0.39, 0.29) is 6.29 Å². The van der Waals surface area contributed by atoms with E-state index in [2.05, 4.69) is 11.9 Å². The monoisotopic (exact) mass is 245 g/mol. The summed E-state index contributed by atoms with van der Waals surface area (Å²) in [7, 11) is 5.33. The molecular formula is C12H23NO4. The van der Waals surface area contributed by atoms with Gasteiger partial charge in [-0.05, 0) is 19.9 Å². The van der Waals surface area contributed by atoms with Gasteiger partial charge in [-0.15, -0.1) is 0 Å². The first kappa shape index (κ1) is 13.2. The Morgan fingerprint density at radius 3 is 2.29 bits per heavy atom. The van der Waals surface area contributed by atoms with Gasteiger partial charge in [-0.25, -0.2) is 0 Å². The number of hydrogen-bond acceptors (Lipinski definition) is 5. The first-order valence-corrected chi connectivity index (χ1v) is 6.15. The maximum absolute atomic E-state index is 10.7. The fourth-order valence-electron chi connectivity index (χ4n) is 2.98. The maximum Gasteiger partial charge on any atom is 0.159 e. The lowest BCUT2D eigenvalue weighted by Crippen LogP contribution is -2.60. The fourth-order valence-corrected chi connectivity index (χ4v) is 2.98. The molecule has 5 nitrogen and oxygen atoms in total. The second kappa shape index (κ2) is 5.20. The Morgan fingerprint density at radius 1 is 1.29 bits per heavy atom. The van der Waals surface area contributed by atoms with Crippen LogP contribution in [0.2, 0.25) is 0 Å². The SMILES string of the molecule is COC(CC1(O)CC2COCC(C1)N2C)OC. The molecule has 0 aliphatic carbocycles. The van der Waals surface area contributed by atoms with Crippen LogP contribution < -0.4 is 0 Å². The Morgan fingerprint density at radius 2 is 1.82 bits per heavy atom. The molecule has 1 N–H and O–H groups in total. The predicted octanol–water partition coefficient (Wildman–Crippen LogP) is 0.220. The van der Waals surface area contributed by atoms with Gasteiger partial charge in [-0.2, -0.15) is 0 Å². The Balaban J connectivity index is 2.01. The smallest absolute Gasteiger partial charge is 0.159 e. The van der Waals surface area contributed by atoms with Gasteiger partial charge in [-0.3, -0.25) is 4.90 Å². The maximum atomic E-state index is 10.7. The molecule has 0 spiro atoms. The lowest BCUT2D eigenvalue weighted by atomic mass is 9.79. The van der Waals surface area contributed by atoms with E-state index >= 15 is 0 Å². The van der Waals surface area contributed by atoms with Gasteiger partial charge in [-0.1, -0.05) is 0 Å². The van der Waals surface area contributed by atoms with Gasteiger partial charge in [0.05, 0.1) is 18.8 Å². The normalized spacial score (nSPS) is 38.6. The third kappa shape index (κ3) is 2.80. The molecule has 0 aromatic heterocycles. The molecule has 0 amide bonds. The standard InChI is InChI=1S/C12H23NO4/c1-13-9-4-12(14,6-11(15-2)16-3)5-10(13)8-17-7-9/h9-11,14H,4-8H2,1-3H3. The molecule has 2 bridgehead atoms. The Labute approximate surface area is 103 Å². The van der Waals surface area contributed by atoms with Crippen molar-refractivity contribution in [3.8, 4) is 0 Å². The van der Waals surface area contributed by atoms with Crippen LogP contribution in [0.4, 0.5) is 0 Å². The van der Waals surface area contributed by atoms with Crippen molar-refractivity contribution in [3.63, 3.8) is 0 Å². The van der Waals surface area contributed by atoms with Crippen molar-refractivity contribution < 1.29 is 19.3 Å². The number of hydrogen-bond donors (Lipinski definition) is 1. The highest BCUT2D eigenvalue weighted by atomic mass is 16.7. The van der Waals surface area contributed by atoms with E-state index in [1.165, 1.54) is 0 Å². The zero-order valence-electron chi connectivity index (χ0n) is 10.9. The summed E-state index contributed by atoms with van der Waals surface area (Å²) in [6.45, 7) is 1.42. The molecule has 0 saturated carbocycles. The molecule has 2 heterocycles. The van der Waals surface area contributed by atoms with Crippen LogP contribution in [0.5, 0.6) is 0 Å². The van der Waals surface area contributed by atoms with Crippen LogP contribution in [0.15, 0.2) is 0 Å². The highest BCUT2D eigenvalue weighted by Gasteiger charge is 2.45. The van der Waals surface area contributed by atoms with E-state index in [1.807, 2.05) is 0 Å². The van der Waals surface area contributed by atoms with Crippen molar-refractivity contribution in [1.82, 2.24) is 4.90 Å². The molecule has 0 aromatic rings. The number of methoxy groups -OCH3 is 2. The number of nitrogens with zero attached hydrogens (tertiary/aromatic N) is 1. The van der Waals surface area contributed by atoms with Crippen LogP contribution in [0.25, 0.3) is 0 Å². The zero-order valence-corrected chi connectivity index (χ0v) is 10.9. The van der Waals surface area contributed by atoms with Crippen LogP contribution in [0, 0.1) is 0 Å². The minimum atomic E-state index is -0.692. The fraction of sp³-hybridized carbons (Fsp3) is 1.00. The lowest BCUT2D eigenvalue weighted by molar-refractivity contribution is -0.182. The molecular weight excluding hydrogens is 222 g/mol. The van der Waals surface area contributed by atoms with Gasteiger partial charge in [0.2, 0.25) is 0 Å². The number of piperidine rings is 1. The van der Waals surface area contributed by atoms with Gasteiger partial charge in [0.1, 0.15) is 0 Å². The molecule has 2 rings (SSSR count). The Hall–Kier alpha value is -0.200. The predicted molar refractivity (Wildman–Crippen MR) is 62.8 cm³/mol. The number of rotatable bonds is 4. The quantitative estimate of drug-likeness (QED) is 0.718. The van der Waals surface area contributed by atoms with Crippen LogP contribution in [-0.2, 0) is 14.2 Å². The summed E-state index contributed by atoms with van der Waals surface area (Å²) >= 11 is 0.